The Hall–Kier alpha value is -1.55. The van der Waals surface area contributed by atoms with Gasteiger partial charge >= 0.3 is 0 Å². The molecule has 1 atom stereocenters. The van der Waals surface area contributed by atoms with Crippen LogP contribution in [-0.2, 0) is 0 Å². The van der Waals surface area contributed by atoms with Crippen molar-refractivity contribution in [3.05, 3.63) is 24.6 Å². The van der Waals surface area contributed by atoms with Crippen LogP contribution in [0.25, 0.3) is 11.0 Å². The highest BCUT2D eigenvalue weighted by molar-refractivity contribution is 5.87. The highest BCUT2D eigenvalue weighted by atomic mass is 16.3. The highest BCUT2D eigenvalue weighted by Crippen LogP contribution is 2.21. The van der Waals surface area contributed by atoms with Crippen molar-refractivity contribution >= 4 is 16.8 Å². The predicted octanol–water partition coefficient (Wildman–Crippen LogP) is 2.61. The first-order valence-electron chi connectivity index (χ1n) is 6.07. The first-order chi connectivity index (χ1) is 8.31. The van der Waals surface area contributed by atoms with Gasteiger partial charge in [0.25, 0.3) is 0 Å². The third-order valence-corrected chi connectivity index (χ3v) is 2.95. The van der Waals surface area contributed by atoms with Crippen LogP contribution in [0.2, 0.25) is 0 Å². The number of pyridine rings is 1. The summed E-state index contributed by atoms with van der Waals surface area (Å²) in [6.07, 6.45) is 5.70. The molecule has 0 spiro atoms. The van der Waals surface area contributed by atoms with Gasteiger partial charge < -0.3 is 15.5 Å². The number of fused-ring (bicyclic) bond motifs is 1. The molecule has 0 aromatic carbocycles. The van der Waals surface area contributed by atoms with Crippen LogP contribution in [0.5, 0.6) is 0 Å². The fourth-order valence-electron chi connectivity index (χ4n) is 1.81. The molecule has 3 N–H and O–H groups in total. The summed E-state index contributed by atoms with van der Waals surface area (Å²) < 4.78 is 5.32. The highest BCUT2D eigenvalue weighted by Gasteiger charge is 2.04. The summed E-state index contributed by atoms with van der Waals surface area (Å²) in [5.41, 5.74) is 6.45. The van der Waals surface area contributed by atoms with Crippen molar-refractivity contribution in [1.29, 1.82) is 0 Å². The molecule has 0 aliphatic heterocycles. The largest absolute Gasteiger partial charge is 0.464 e. The maximum atomic E-state index is 5.58. The van der Waals surface area contributed by atoms with Gasteiger partial charge in [0.15, 0.2) is 0 Å². The summed E-state index contributed by atoms with van der Waals surface area (Å²) in [6.45, 7) is 3.85. The van der Waals surface area contributed by atoms with E-state index >= 15 is 0 Å². The number of nitrogens with two attached hydrogens (primary N) is 1. The molecule has 92 valence electrons. The SMILES string of the molecule is CC(CN)CCCNc1nccc2occc12. The van der Waals surface area contributed by atoms with Gasteiger partial charge in [-0.05, 0) is 37.4 Å². The van der Waals surface area contributed by atoms with Crippen LogP contribution in [0.3, 0.4) is 0 Å². The Balaban J connectivity index is 1.88. The van der Waals surface area contributed by atoms with Crippen molar-refractivity contribution < 1.29 is 4.42 Å². The summed E-state index contributed by atoms with van der Waals surface area (Å²) in [5.74, 6) is 1.49. The lowest BCUT2D eigenvalue weighted by atomic mass is 10.1. The average Bonchev–Trinajstić information content (AvgIpc) is 2.83. The maximum absolute atomic E-state index is 5.58. The zero-order valence-corrected chi connectivity index (χ0v) is 10.1. The Kier molecular flexibility index (Phi) is 3.98. The monoisotopic (exact) mass is 233 g/mol. The van der Waals surface area contributed by atoms with Crippen LogP contribution >= 0.6 is 0 Å². The molecule has 2 heterocycles. The van der Waals surface area contributed by atoms with Crippen LogP contribution < -0.4 is 11.1 Å². The van der Waals surface area contributed by atoms with E-state index in [1.165, 1.54) is 0 Å². The number of hydrogen-bond acceptors (Lipinski definition) is 4. The molecule has 0 amide bonds. The number of hydrogen-bond donors (Lipinski definition) is 2. The number of furan rings is 1. The molecule has 0 aliphatic carbocycles. The lowest BCUT2D eigenvalue weighted by molar-refractivity contribution is 0.529. The van der Waals surface area contributed by atoms with Crippen molar-refractivity contribution in [2.45, 2.75) is 19.8 Å². The van der Waals surface area contributed by atoms with Gasteiger partial charge in [0.05, 0.1) is 11.6 Å². The minimum absolute atomic E-state index is 0.592. The lowest BCUT2D eigenvalue weighted by Gasteiger charge is -2.09. The molecule has 0 bridgehead atoms. The summed E-state index contributed by atoms with van der Waals surface area (Å²) in [6, 6.07) is 3.81. The smallest absolute Gasteiger partial charge is 0.139 e. The zero-order chi connectivity index (χ0) is 12.1. The average molecular weight is 233 g/mol. The Labute approximate surface area is 101 Å². The van der Waals surface area contributed by atoms with Crippen molar-refractivity contribution in [1.82, 2.24) is 4.98 Å². The van der Waals surface area contributed by atoms with Crippen LogP contribution in [0.4, 0.5) is 5.82 Å². The molecule has 2 aromatic heterocycles. The Morgan fingerprint density at radius 3 is 3.18 bits per heavy atom. The van der Waals surface area contributed by atoms with Gasteiger partial charge in [-0.1, -0.05) is 6.92 Å². The van der Waals surface area contributed by atoms with Gasteiger partial charge in [0.2, 0.25) is 0 Å². The second-order valence-corrected chi connectivity index (χ2v) is 4.40. The molecular weight excluding hydrogens is 214 g/mol. The standard InChI is InChI=1S/C13H19N3O/c1-10(9-14)3-2-6-15-13-11-5-8-17-12(11)4-7-16-13/h4-5,7-8,10H,2-3,6,9,14H2,1H3,(H,15,16). The quantitative estimate of drug-likeness (QED) is 0.753. The minimum atomic E-state index is 0.592. The van der Waals surface area contributed by atoms with E-state index in [1.807, 2.05) is 12.1 Å². The van der Waals surface area contributed by atoms with E-state index in [9.17, 15) is 0 Å². The number of rotatable bonds is 6. The maximum Gasteiger partial charge on any atom is 0.139 e. The number of anilines is 1. The number of nitrogens with one attached hydrogen (secondary N) is 1. The van der Waals surface area contributed by atoms with E-state index in [4.69, 9.17) is 10.2 Å². The Morgan fingerprint density at radius 2 is 2.35 bits per heavy atom. The van der Waals surface area contributed by atoms with Crippen LogP contribution in [0, 0.1) is 5.92 Å². The second-order valence-electron chi connectivity index (χ2n) is 4.40. The molecule has 0 radical (unpaired) electrons. The van der Waals surface area contributed by atoms with Crippen LogP contribution in [0.15, 0.2) is 29.0 Å². The molecule has 2 rings (SSSR count). The fourth-order valence-corrected chi connectivity index (χ4v) is 1.81. The summed E-state index contributed by atoms with van der Waals surface area (Å²) in [4.78, 5) is 4.32. The normalized spacial score (nSPS) is 12.8. The number of nitrogens with zero attached hydrogens (tertiary/aromatic N) is 1. The Bertz CT molecular complexity index is 466. The zero-order valence-electron chi connectivity index (χ0n) is 10.1. The van der Waals surface area contributed by atoms with Crippen molar-refractivity contribution in [2.24, 2.45) is 11.7 Å². The topological polar surface area (TPSA) is 64.1 Å². The molecule has 17 heavy (non-hydrogen) atoms. The molecule has 4 heteroatoms. The van der Waals surface area contributed by atoms with Gasteiger partial charge in [-0.25, -0.2) is 4.98 Å². The molecule has 0 fully saturated rings. The second kappa shape index (κ2) is 5.68. The van der Waals surface area contributed by atoms with E-state index in [0.29, 0.717) is 5.92 Å². The van der Waals surface area contributed by atoms with E-state index in [1.54, 1.807) is 12.5 Å². The Morgan fingerprint density at radius 1 is 1.47 bits per heavy atom. The summed E-state index contributed by atoms with van der Waals surface area (Å²) >= 11 is 0. The van der Waals surface area contributed by atoms with Crippen molar-refractivity contribution in [3.8, 4) is 0 Å². The minimum Gasteiger partial charge on any atom is -0.464 e. The molecule has 2 aromatic rings. The van der Waals surface area contributed by atoms with Crippen molar-refractivity contribution in [2.75, 3.05) is 18.4 Å². The first-order valence-corrected chi connectivity index (χ1v) is 6.07. The summed E-state index contributed by atoms with van der Waals surface area (Å²) in [5, 5.41) is 4.38. The van der Waals surface area contributed by atoms with Crippen LogP contribution in [0.1, 0.15) is 19.8 Å². The van der Waals surface area contributed by atoms with Crippen molar-refractivity contribution in [3.63, 3.8) is 0 Å². The van der Waals surface area contributed by atoms with Crippen LogP contribution in [-0.4, -0.2) is 18.1 Å². The van der Waals surface area contributed by atoms with Gasteiger partial charge in [-0.15, -0.1) is 0 Å². The molecule has 1 unspecified atom stereocenters. The van der Waals surface area contributed by atoms with Gasteiger partial charge in [0.1, 0.15) is 11.4 Å². The van der Waals surface area contributed by atoms with E-state index in [-0.39, 0.29) is 0 Å². The van der Waals surface area contributed by atoms with Gasteiger partial charge in [-0.2, -0.15) is 0 Å². The summed E-state index contributed by atoms with van der Waals surface area (Å²) in [7, 11) is 0. The number of aromatic nitrogens is 1. The molecule has 0 saturated heterocycles. The fraction of sp³-hybridized carbons (Fsp3) is 0.462. The third kappa shape index (κ3) is 2.97. The first kappa shape index (κ1) is 11.9. The third-order valence-electron chi connectivity index (χ3n) is 2.95. The van der Waals surface area contributed by atoms with E-state index < -0.39 is 0 Å². The molecular formula is C13H19N3O. The molecule has 4 nitrogen and oxygen atoms in total. The van der Waals surface area contributed by atoms with Gasteiger partial charge in [0, 0.05) is 12.7 Å². The van der Waals surface area contributed by atoms with E-state index in [0.717, 1.165) is 42.7 Å². The molecule has 0 aliphatic rings. The lowest BCUT2D eigenvalue weighted by Crippen LogP contribution is -2.12. The van der Waals surface area contributed by atoms with Gasteiger partial charge in [-0.3, -0.25) is 0 Å². The predicted molar refractivity (Wildman–Crippen MR) is 70.0 cm³/mol. The van der Waals surface area contributed by atoms with E-state index in [2.05, 4.69) is 17.2 Å². The molecule has 0 saturated carbocycles.